The molecule has 0 fully saturated rings. The van der Waals surface area contributed by atoms with Crippen LogP contribution in [0.25, 0.3) is 11.3 Å². The van der Waals surface area contributed by atoms with Gasteiger partial charge in [-0.05, 0) is 12.0 Å². The van der Waals surface area contributed by atoms with Crippen LogP contribution in [-0.2, 0) is 12.3 Å². The summed E-state index contributed by atoms with van der Waals surface area (Å²) in [6.07, 6.45) is 2.47. The molecule has 0 aliphatic rings. The van der Waals surface area contributed by atoms with Crippen LogP contribution in [0.4, 0.5) is 0 Å². The molecule has 1 aromatic carbocycles. The third-order valence-electron chi connectivity index (χ3n) is 2.39. The molecule has 3 heteroatoms. The number of benzene rings is 1. The fraction of sp³-hybridized carbons (Fsp3) is 0.250. The minimum Gasteiger partial charge on any atom is -0.443 e. The van der Waals surface area contributed by atoms with Crippen molar-refractivity contribution in [1.29, 1.82) is 0 Å². The Morgan fingerprint density at radius 1 is 1.27 bits per heavy atom. The Labute approximate surface area is 93.9 Å². The standard InChI is InChI=1S/C12H12ClNO/c1-2-9-3-5-10(6-4-9)12-11(7-13)14-8-15-12/h3-6,8H,2,7H2,1H3. The highest BCUT2D eigenvalue weighted by Gasteiger charge is 2.08. The number of hydrogen-bond donors (Lipinski definition) is 0. The van der Waals surface area contributed by atoms with Crippen LogP contribution < -0.4 is 0 Å². The minimum atomic E-state index is 0.376. The Morgan fingerprint density at radius 2 is 2.00 bits per heavy atom. The van der Waals surface area contributed by atoms with Gasteiger partial charge in [-0.25, -0.2) is 4.98 Å². The first kappa shape index (κ1) is 10.2. The van der Waals surface area contributed by atoms with E-state index in [4.69, 9.17) is 16.0 Å². The highest BCUT2D eigenvalue weighted by Crippen LogP contribution is 2.24. The molecule has 0 saturated carbocycles. The van der Waals surface area contributed by atoms with Crippen molar-refractivity contribution in [3.8, 4) is 11.3 Å². The van der Waals surface area contributed by atoms with Crippen molar-refractivity contribution >= 4 is 11.6 Å². The van der Waals surface area contributed by atoms with Crippen molar-refractivity contribution < 1.29 is 4.42 Å². The first-order valence-electron chi connectivity index (χ1n) is 4.92. The zero-order valence-corrected chi connectivity index (χ0v) is 9.29. The summed E-state index contributed by atoms with van der Waals surface area (Å²) < 4.78 is 5.32. The van der Waals surface area contributed by atoms with E-state index in [9.17, 15) is 0 Å². The molecule has 0 aliphatic carbocycles. The summed E-state index contributed by atoms with van der Waals surface area (Å²) >= 11 is 5.76. The SMILES string of the molecule is CCc1ccc(-c2ocnc2CCl)cc1. The zero-order chi connectivity index (χ0) is 10.7. The lowest BCUT2D eigenvalue weighted by Crippen LogP contribution is -1.84. The van der Waals surface area contributed by atoms with Gasteiger partial charge in [-0.1, -0.05) is 31.2 Å². The van der Waals surface area contributed by atoms with Crippen LogP contribution in [0.5, 0.6) is 0 Å². The monoisotopic (exact) mass is 221 g/mol. The number of nitrogens with zero attached hydrogens (tertiary/aromatic N) is 1. The molecule has 2 nitrogen and oxygen atoms in total. The van der Waals surface area contributed by atoms with Crippen molar-refractivity contribution in [2.24, 2.45) is 0 Å². The largest absolute Gasteiger partial charge is 0.443 e. The van der Waals surface area contributed by atoms with Gasteiger partial charge in [-0.3, -0.25) is 0 Å². The van der Waals surface area contributed by atoms with E-state index in [0.29, 0.717) is 5.88 Å². The van der Waals surface area contributed by atoms with Crippen LogP contribution in [0.2, 0.25) is 0 Å². The normalized spacial score (nSPS) is 10.5. The van der Waals surface area contributed by atoms with Gasteiger partial charge in [0.15, 0.2) is 12.2 Å². The van der Waals surface area contributed by atoms with Crippen molar-refractivity contribution in [2.45, 2.75) is 19.2 Å². The summed E-state index contributed by atoms with van der Waals surface area (Å²) in [5, 5.41) is 0. The zero-order valence-electron chi connectivity index (χ0n) is 8.53. The van der Waals surface area contributed by atoms with Crippen LogP contribution in [0, 0.1) is 0 Å². The molecule has 0 amide bonds. The van der Waals surface area contributed by atoms with Gasteiger partial charge in [0, 0.05) is 5.56 Å². The van der Waals surface area contributed by atoms with Gasteiger partial charge in [0.25, 0.3) is 0 Å². The first-order chi connectivity index (χ1) is 7.35. The number of aromatic nitrogens is 1. The summed E-state index contributed by atoms with van der Waals surface area (Å²) in [4.78, 5) is 4.06. The molecule has 0 atom stereocenters. The second kappa shape index (κ2) is 4.49. The molecule has 0 N–H and O–H groups in total. The maximum absolute atomic E-state index is 5.76. The fourth-order valence-corrected chi connectivity index (χ4v) is 1.68. The second-order valence-electron chi connectivity index (χ2n) is 3.31. The Hall–Kier alpha value is -1.28. The van der Waals surface area contributed by atoms with E-state index < -0.39 is 0 Å². The van der Waals surface area contributed by atoms with Gasteiger partial charge < -0.3 is 4.42 Å². The second-order valence-corrected chi connectivity index (χ2v) is 3.58. The van der Waals surface area contributed by atoms with Crippen LogP contribution in [0.3, 0.4) is 0 Å². The molecule has 0 saturated heterocycles. The Morgan fingerprint density at radius 3 is 2.60 bits per heavy atom. The molecular formula is C12H12ClNO. The molecule has 1 aromatic heterocycles. The Balaban J connectivity index is 2.37. The number of alkyl halides is 1. The Kier molecular flexibility index (Phi) is 3.07. The molecule has 1 heterocycles. The van der Waals surface area contributed by atoms with Crippen molar-refractivity contribution in [3.63, 3.8) is 0 Å². The summed E-state index contributed by atoms with van der Waals surface area (Å²) in [6.45, 7) is 2.13. The number of hydrogen-bond acceptors (Lipinski definition) is 2. The number of aryl methyl sites for hydroxylation is 1. The number of halogens is 1. The molecule has 0 aliphatic heterocycles. The van der Waals surface area contributed by atoms with E-state index in [2.05, 4.69) is 24.0 Å². The van der Waals surface area contributed by atoms with Gasteiger partial charge in [-0.2, -0.15) is 0 Å². The lowest BCUT2D eigenvalue weighted by molar-refractivity contribution is 0.571. The smallest absolute Gasteiger partial charge is 0.181 e. The minimum absolute atomic E-state index is 0.376. The van der Waals surface area contributed by atoms with Crippen molar-refractivity contribution in [1.82, 2.24) is 4.98 Å². The fourth-order valence-electron chi connectivity index (χ4n) is 1.49. The van der Waals surface area contributed by atoms with Gasteiger partial charge in [-0.15, -0.1) is 11.6 Å². The molecular weight excluding hydrogens is 210 g/mol. The highest BCUT2D eigenvalue weighted by atomic mass is 35.5. The van der Waals surface area contributed by atoms with E-state index in [1.807, 2.05) is 12.1 Å². The van der Waals surface area contributed by atoms with E-state index in [0.717, 1.165) is 23.4 Å². The van der Waals surface area contributed by atoms with Crippen LogP contribution in [0.15, 0.2) is 35.1 Å². The van der Waals surface area contributed by atoms with Crippen molar-refractivity contribution in [2.75, 3.05) is 0 Å². The number of rotatable bonds is 3. The van der Waals surface area contributed by atoms with E-state index in [1.54, 1.807) is 0 Å². The predicted molar refractivity (Wildman–Crippen MR) is 60.9 cm³/mol. The van der Waals surface area contributed by atoms with Gasteiger partial charge in [0.1, 0.15) is 5.69 Å². The van der Waals surface area contributed by atoms with Crippen LogP contribution in [-0.4, -0.2) is 4.98 Å². The topological polar surface area (TPSA) is 26.0 Å². The molecule has 2 aromatic rings. The summed E-state index contributed by atoms with van der Waals surface area (Å²) in [5.41, 5.74) is 3.13. The molecule has 15 heavy (non-hydrogen) atoms. The summed E-state index contributed by atoms with van der Waals surface area (Å²) in [6, 6.07) is 8.26. The third kappa shape index (κ3) is 2.05. The average Bonchev–Trinajstić information content (AvgIpc) is 2.77. The molecule has 78 valence electrons. The Bertz CT molecular complexity index is 433. The molecule has 2 rings (SSSR count). The third-order valence-corrected chi connectivity index (χ3v) is 2.65. The first-order valence-corrected chi connectivity index (χ1v) is 5.46. The molecule has 0 spiro atoms. The van der Waals surface area contributed by atoms with E-state index in [-0.39, 0.29) is 0 Å². The lowest BCUT2D eigenvalue weighted by Gasteiger charge is -2.00. The van der Waals surface area contributed by atoms with Crippen LogP contribution in [0.1, 0.15) is 18.2 Å². The van der Waals surface area contributed by atoms with E-state index >= 15 is 0 Å². The number of oxazole rings is 1. The van der Waals surface area contributed by atoms with Gasteiger partial charge in [0.05, 0.1) is 5.88 Å². The molecule has 0 bridgehead atoms. The van der Waals surface area contributed by atoms with Gasteiger partial charge >= 0.3 is 0 Å². The quantitative estimate of drug-likeness (QED) is 0.740. The summed E-state index contributed by atoms with van der Waals surface area (Å²) in [7, 11) is 0. The maximum Gasteiger partial charge on any atom is 0.181 e. The van der Waals surface area contributed by atoms with Gasteiger partial charge in [0.2, 0.25) is 0 Å². The van der Waals surface area contributed by atoms with E-state index in [1.165, 1.54) is 12.0 Å². The lowest BCUT2D eigenvalue weighted by atomic mass is 10.1. The summed E-state index contributed by atoms with van der Waals surface area (Å²) in [5.74, 6) is 1.15. The van der Waals surface area contributed by atoms with Crippen molar-refractivity contribution in [3.05, 3.63) is 41.9 Å². The molecule has 0 radical (unpaired) electrons. The predicted octanol–water partition coefficient (Wildman–Crippen LogP) is 3.64. The molecule has 0 unspecified atom stereocenters. The highest BCUT2D eigenvalue weighted by molar-refractivity contribution is 6.17. The van der Waals surface area contributed by atoms with Crippen LogP contribution >= 0.6 is 11.6 Å². The maximum atomic E-state index is 5.76. The average molecular weight is 222 g/mol.